The van der Waals surface area contributed by atoms with E-state index in [0.29, 0.717) is 0 Å². The molecule has 0 radical (unpaired) electrons. The maximum atomic E-state index is 11.4. The summed E-state index contributed by atoms with van der Waals surface area (Å²) in [5.41, 5.74) is 8.15. The van der Waals surface area contributed by atoms with Crippen molar-refractivity contribution in [3.63, 3.8) is 0 Å². The summed E-state index contributed by atoms with van der Waals surface area (Å²) in [5, 5.41) is 0. The minimum Gasteiger partial charge on any atom is -0.367 e. The lowest BCUT2D eigenvalue weighted by molar-refractivity contribution is -0.128. The molecule has 2 aromatic rings. The van der Waals surface area contributed by atoms with E-state index < -0.39 is 12.0 Å². The molecule has 1 atom stereocenters. The van der Waals surface area contributed by atoms with Crippen molar-refractivity contribution in [3.05, 3.63) is 60.2 Å². The molecule has 0 aliphatic rings. The van der Waals surface area contributed by atoms with E-state index in [9.17, 15) is 4.79 Å². The van der Waals surface area contributed by atoms with Crippen LogP contribution in [0.4, 0.5) is 0 Å². The molecule has 0 saturated heterocycles. The van der Waals surface area contributed by atoms with Crippen molar-refractivity contribution in [2.24, 2.45) is 5.73 Å². The first-order chi connectivity index (χ1) is 8.74. The van der Waals surface area contributed by atoms with Crippen molar-refractivity contribution in [3.8, 4) is 11.1 Å². The predicted octanol–water partition coefficient (Wildman–Crippen LogP) is 2.53. The Kier molecular flexibility index (Phi) is 3.75. The summed E-state index contributed by atoms with van der Waals surface area (Å²) >= 11 is 0. The van der Waals surface area contributed by atoms with Gasteiger partial charge in [0.25, 0.3) is 5.91 Å². The number of benzene rings is 2. The molecule has 0 fully saturated rings. The van der Waals surface area contributed by atoms with Gasteiger partial charge in [-0.2, -0.15) is 0 Å². The van der Waals surface area contributed by atoms with Crippen LogP contribution in [0.15, 0.2) is 54.6 Å². The predicted molar refractivity (Wildman–Crippen MR) is 70.8 cm³/mol. The molecule has 18 heavy (non-hydrogen) atoms. The van der Waals surface area contributed by atoms with Crippen molar-refractivity contribution in [1.82, 2.24) is 0 Å². The number of rotatable bonds is 4. The summed E-state index contributed by atoms with van der Waals surface area (Å²) in [6.45, 7) is 0. The number of amides is 1. The molecule has 2 N–H and O–H groups in total. The second-order valence-electron chi connectivity index (χ2n) is 3.97. The van der Waals surface area contributed by atoms with Crippen molar-refractivity contribution in [1.29, 1.82) is 0 Å². The molecule has 0 aliphatic carbocycles. The van der Waals surface area contributed by atoms with Crippen LogP contribution in [0.2, 0.25) is 0 Å². The number of ether oxygens (including phenoxy) is 1. The van der Waals surface area contributed by atoms with Crippen molar-refractivity contribution >= 4 is 5.91 Å². The highest BCUT2D eigenvalue weighted by Crippen LogP contribution is 2.29. The normalized spacial score (nSPS) is 12.1. The minimum absolute atomic E-state index is 0.485. The number of methoxy groups -OCH3 is 1. The zero-order chi connectivity index (χ0) is 13.0. The van der Waals surface area contributed by atoms with Gasteiger partial charge in [-0.05, 0) is 16.7 Å². The van der Waals surface area contributed by atoms with Crippen molar-refractivity contribution in [2.45, 2.75) is 6.10 Å². The van der Waals surface area contributed by atoms with Gasteiger partial charge in [-0.15, -0.1) is 0 Å². The molecule has 3 nitrogen and oxygen atoms in total. The standard InChI is InChI=1S/C15H15NO2/c1-18-14(15(16)17)13-10-6-5-9-12(13)11-7-3-2-4-8-11/h2-10,14H,1H3,(H2,16,17). The first-order valence-electron chi connectivity index (χ1n) is 5.70. The molecule has 2 rings (SSSR count). The van der Waals surface area contributed by atoms with Crippen LogP contribution in [0.1, 0.15) is 11.7 Å². The monoisotopic (exact) mass is 241 g/mol. The highest BCUT2D eigenvalue weighted by atomic mass is 16.5. The minimum atomic E-state index is -0.721. The SMILES string of the molecule is COC(C(N)=O)c1ccccc1-c1ccccc1. The largest absolute Gasteiger partial charge is 0.367 e. The molecule has 0 saturated carbocycles. The van der Waals surface area contributed by atoms with Crippen LogP contribution in [0.3, 0.4) is 0 Å². The Hall–Kier alpha value is -2.13. The zero-order valence-corrected chi connectivity index (χ0v) is 10.2. The van der Waals surface area contributed by atoms with Crippen LogP contribution in [0.25, 0.3) is 11.1 Å². The molecule has 3 heteroatoms. The zero-order valence-electron chi connectivity index (χ0n) is 10.2. The van der Waals surface area contributed by atoms with E-state index in [-0.39, 0.29) is 0 Å². The third-order valence-corrected chi connectivity index (χ3v) is 2.82. The molecule has 0 spiro atoms. The Morgan fingerprint density at radius 3 is 2.28 bits per heavy atom. The lowest BCUT2D eigenvalue weighted by Crippen LogP contribution is -2.23. The Morgan fingerprint density at radius 1 is 1.06 bits per heavy atom. The lowest BCUT2D eigenvalue weighted by Gasteiger charge is -2.16. The third kappa shape index (κ3) is 2.41. The Morgan fingerprint density at radius 2 is 1.67 bits per heavy atom. The van der Waals surface area contributed by atoms with Crippen LogP contribution in [-0.2, 0) is 9.53 Å². The van der Waals surface area contributed by atoms with Crippen LogP contribution >= 0.6 is 0 Å². The third-order valence-electron chi connectivity index (χ3n) is 2.82. The number of carbonyl (C=O) groups is 1. The fourth-order valence-corrected chi connectivity index (χ4v) is 2.00. The van der Waals surface area contributed by atoms with Gasteiger partial charge >= 0.3 is 0 Å². The number of hydrogen-bond donors (Lipinski definition) is 1. The number of primary amides is 1. The van der Waals surface area contributed by atoms with E-state index in [2.05, 4.69) is 0 Å². The van der Waals surface area contributed by atoms with Gasteiger partial charge in [0.15, 0.2) is 6.10 Å². The van der Waals surface area contributed by atoms with Gasteiger partial charge in [0.05, 0.1) is 0 Å². The van der Waals surface area contributed by atoms with Crippen molar-refractivity contribution in [2.75, 3.05) is 7.11 Å². The summed E-state index contributed by atoms with van der Waals surface area (Å²) in [6.07, 6.45) is -0.721. The molecule has 1 amide bonds. The maximum absolute atomic E-state index is 11.4. The van der Waals surface area contributed by atoms with Gasteiger partial charge in [0.2, 0.25) is 0 Å². The molecule has 2 aromatic carbocycles. The topological polar surface area (TPSA) is 52.3 Å². The molecule has 0 bridgehead atoms. The highest BCUT2D eigenvalue weighted by Gasteiger charge is 2.20. The molecular formula is C15H15NO2. The van der Waals surface area contributed by atoms with Crippen LogP contribution in [-0.4, -0.2) is 13.0 Å². The van der Waals surface area contributed by atoms with E-state index >= 15 is 0 Å². The molecule has 1 unspecified atom stereocenters. The van der Waals surface area contributed by atoms with Crippen molar-refractivity contribution < 1.29 is 9.53 Å². The van der Waals surface area contributed by atoms with Gasteiger partial charge in [-0.1, -0.05) is 54.6 Å². The second-order valence-corrected chi connectivity index (χ2v) is 3.97. The molecule has 0 aliphatic heterocycles. The van der Waals surface area contributed by atoms with Gasteiger partial charge < -0.3 is 10.5 Å². The summed E-state index contributed by atoms with van der Waals surface area (Å²) in [6, 6.07) is 17.5. The summed E-state index contributed by atoms with van der Waals surface area (Å²) in [7, 11) is 1.48. The van der Waals surface area contributed by atoms with Gasteiger partial charge in [-0.25, -0.2) is 0 Å². The second kappa shape index (κ2) is 5.47. The van der Waals surface area contributed by atoms with E-state index in [4.69, 9.17) is 10.5 Å². The summed E-state index contributed by atoms with van der Waals surface area (Å²) in [4.78, 5) is 11.4. The van der Waals surface area contributed by atoms with E-state index in [0.717, 1.165) is 16.7 Å². The highest BCUT2D eigenvalue weighted by molar-refractivity contribution is 5.84. The first-order valence-corrected chi connectivity index (χ1v) is 5.70. The summed E-state index contributed by atoms with van der Waals surface area (Å²) < 4.78 is 5.19. The Labute approximate surface area is 106 Å². The Bertz CT molecular complexity index is 537. The van der Waals surface area contributed by atoms with Gasteiger partial charge in [0, 0.05) is 7.11 Å². The van der Waals surface area contributed by atoms with E-state index in [1.54, 1.807) is 0 Å². The summed E-state index contributed by atoms with van der Waals surface area (Å²) in [5.74, 6) is -0.485. The fraction of sp³-hybridized carbons (Fsp3) is 0.133. The molecule has 0 aromatic heterocycles. The first kappa shape index (κ1) is 12.3. The fourth-order valence-electron chi connectivity index (χ4n) is 2.00. The number of hydrogen-bond acceptors (Lipinski definition) is 2. The van der Waals surface area contributed by atoms with Crippen LogP contribution in [0, 0.1) is 0 Å². The molecule has 92 valence electrons. The Balaban J connectivity index is 2.53. The van der Waals surface area contributed by atoms with Crippen LogP contribution < -0.4 is 5.73 Å². The van der Waals surface area contributed by atoms with Gasteiger partial charge in [-0.3, -0.25) is 4.79 Å². The van der Waals surface area contributed by atoms with Gasteiger partial charge in [0.1, 0.15) is 0 Å². The number of carbonyl (C=O) groups excluding carboxylic acids is 1. The maximum Gasteiger partial charge on any atom is 0.251 e. The quantitative estimate of drug-likeness (QED) is 0.894. The van der Waals surface area contributed by atoms with Crippen LogP contribution in [0.5, 0.6) is 0 Å². The molecule has 0 heterocycles. The average Bonchev–Trinajstić information content (AvgIpc) is 2.41. The molecular weight excluding hydrogens is 226 g/mol. The van der Waals surface area contributed by atoms with E-state index in [1.165, 1.54) is 7.11 Å². The smallest absolute Gasteiger partial charge is 0.251 e. The number of nitrogens with two attached hydrogens (primary N) is 1. The average molecular weight is 241 g/mol. The lowest BCUT2D eigenvalue weighted by atomic mass is 9.96. The van der Waals surface area contributed by atoms with E-state index in [1.807, 2.05) is 54.6 Å².